The van der Waals surface area contributed by atoms with Crippen LogP contribution in [0.2, 0.25) is 0 Å². The molecule has 4 nitrogen and oxygen atoms in total. The molecule has 0 spiro atoms. The van der Waals surface area contributed by atoms with Gasteiger partial charge >= 0.3 is 0 Å². The van der Waals surface area contributed by atoms with Gasteiger partial charge in [0.25, 0.3) is 10.1 Å². The largest absolute Gasteiger partial charge is 0.323 e. The molecule has 4 atom stereocenters. The van der Waals surface area contributed by atoms with Crippen LogP contribution in [-0.2, 0) is 14.3 Å². The SMILES string of the molecule is Cc1ccc([C@H]2CC3CCC([C@H]2COS(C)(=O)=O)[N+]3(C)C)cc1. The Morgan fingerprint density at radius 3 is 2.43 bits per heavy atom. The summed E-state index contributed by atoms with van der Waals surface area (Å²) in [5.41, 5.74) is 2.59. The van der Waals surface area contributed by atoms with Gasteiger partial charge in [-0.05, 0) is 12.5 Å². The summed E-state index contributed by atoms with van der Waals surface area (Å²) in [6.07, 6.45) is 4.66. The lowest BCUT2D eigenvalue weighted by atomic mass is 9.75. The third-order valence-corrected chi connectivity index (χ3v) is 6.67. The van der Waals surface area contributed by atoms with Crippen molar-refractivity contribution < 1.29 is 17.1 Å². The van der Waals surface area contributed by atoms with Crippen molar-refractivity contribution in [3.8, 4) is 0 Å². The molecule has 2 aliphatic heterocycles. The molecule has 2 heterocycles. The molecule has 2 saturated heterocycles. The lowest BCUT2D eigenvalue weighted by Gasteiger charge is -2.48. The van der Waals surface area contributed by atoms with Gasteiger partial charge in [0.2, 0.25) is 0 Å². The number of aryl methyl sites for hydroxylation is 1. The summed E-state index contributed by atoms with van der Waals surface area (Å²) in [5, 5.41) is 0. The molecule has 23 heavy (non-hydrogen) atoms. The Kier molecular flexibility index (Phi) is 4.32. The van der Waals surface area contributed by atoms with E-state index < -0.39 is 10.1 Å². The lowest BCUT2D eigenvalue weighted by Crippen LogP contribution is -2.59. The Morgan fingerprint density at radius 1 is 1.17 bits per heavy atom. The zero-order valence-corrected chi connectivity index (χ0v) is 15.3. The number of rotatable bonds is 4. The smallest absolute Gasteiger partial charge is 0.264 e. The van der Waals surface area contributed by atoms with Crippen molar-refractivity contribution in [1.29, 1.82) is 0 Å². The van der Waals surface area contributed by atoms with Gasteiger partial charge in [-0.1, -0.05) is 29.8 Å². The van der Waals surface area contributed by atoms with Crippen molar-refractivity contribution in [2.45, 2.75) is 44.2 Å². The minimum Gasteiger partial charge on any atom is -0.323 e. The molecule has 3 rings (SSSR count). The number of fused-ring (bicyclic) bond motifs is 2. The van der Waals surface area contributed by atoms with Crippen LogP contribution >= 0.6 is 0 Å². The van der Waals surface area contributed by atoms with E-state index in [1.165, 1.54) is 17.5 Å². The van der Waals surface area contributed by atoms with E-state index in [1.807, 2.05) is 0 Å². The maximum absolute atomic E-state index is 11.5. The zero-order chi connectivity index (χ0) is 16.8. The highest BCUT2D eigenvalue weighted by atomic mass is 32.2. The molecule has 2 unspecified atom stereocenters. The molecule has 2 aliphatic rings. The monoisotopic (exact) mass is 338 g/mol. The van der Waals surface area contributed by atoms with Gasteiger partial charge in [0.1, 0.15) is 0 Å². The lowest BCUT2D eigenvalue weighted by molar-refractivity contribution is -0.935. The number of nitrogens with zero attached hydrogens (tertiary/aromatic N) is 1. The van der Waals surface area contributed by atoms with Crippen molar-refractivity contribution in [3.05, 3.63) is 35.4 Å². The average Bonchev–Trinajstić information content (AvgIpc) is 2.64. The molecular formula is C18H28NO3S+. The fourth-order valence-electron chi connectivity index (χ4n) is 4.76. The van der Waals surface area contributed by atoms with Crippen molar-refractivity contribution in [1.82, 2.24) is 0 Å². The summed E-state index contributed by atoms with van der Waals surface area (Å²) < 4.78 is 29.3. The standard InChI is InChI=1S/C18H28NO3S/c1-13-5-7-14(8-6-13)16-11-15-9-10-18(19(15,2)3)17(16)12-22-23(4,20)21/h5-8,15-18H,9-12H2,1-4H3/q+1/t15?,16-,17+,18?/m1/s1. The van der Waals surface area contributed by atoms with Crippen molar-refractivity contribution in [2.24, 2.45) is 5.92 Å². The third-order valence-electron chi connectivity index (χ3n) is 6.11. The van der Waals surface area contributed by atoms with Crippen LogP contribution in [0.15, 0.2) is 24.3 Å². The molecule has 128 valence electrons. The third kappa shape index (κ3) is 3.32. The van der Waals surface area contributed by atoms with Crippen LogP contribution in [0, 0.1) is 12.8 Å². The van der Waals surface area contributed by atoms with E-state index in [9.17, 15) is 8.42 Å². The molecule has 0 aromatic heterocycles. The maximum Gasteiger partial charge on any atom is 0.264 e. The molecule has 2 fully saturated rings. The minimum absolute atomic E-state index is 0.251. The number of hydrogen-bond acceptors (Lipinski definition) is 3. The molecule has 0 saturated carbocycles. The van der Waals surface area contributed by atoms with Crippen LogP contribution in [0.5, 0.6) is 0 Å². The average molecular weight is 338 g/mol. The number of quaternary nitrogens is 1. The van der Waals surface area contributed by atoms with Gasteiger partial charge in [-0.2, -0.15) is 8.42 Å². The van der Waals surface area contributed by atoms with Crippen molar-refractivity contribution >= 4 is 10.1 Å². The van der Waals surface area contributed by atoms with Crippen molar-refractivity contribution in [3.63, 3.8) is 0 Å². The summed E-state index contributed by atoms with van der Waals surface area (Å²) >= 11 is 0. The van der Waals surface area contributed by atoms with E-state index in [0.29, 0.717) is 24.6 Å². The summed E-state index contributed by atoms with van der Waals surface area (Å²) in [6, 6.07) is 9.86. The fraction of sp³-hybridized carbons (Fsp3) is 0.667. The highest BCUT2D eigenvalue weighted by Crippen LogP contribution is 2.49. The molecule has 0 aliphatic carbocycles. The molecule has 1 aromatic carbocycles. The summed E-state index contributed by atoms with van der Waals surface area (Å²) in [5.74, 6) is 0.641. The van der Waals surface area contributed by atoms with Crippen LogP contribution in [0.4, 0.5) is 0 Å². The van der Waals surface area contributed by atoms with Crippen LogP contribution in [0.25, 0.3) is 0 Å². The second kappa shape index (κ2) is 5.87. The van der Waals surface area contributed by atoms with Crippen LogP contribution < -0.4 is 0 Å². The maximum atomic E-state index is 11.5. The fourth-order valence-corrected chi connectivity index (χ4v) is 5.16. The zero-order valence-electron chi connectivity index (χ0n) is 14.5. The van der Waals surface area contributed by atoms with Gasteiger partial charge < -0.3 is 4.48 Å². The second-order valence-electron chi connectivity index (χ2n) is 7.83. The van der Waals surface area contributed by atoms with Gasteiger partial charge in [-0.25, -0.2) is 0 Å². The van der Waals surface area contributed by atoms with E-state index >= 15 is 0 Å². The first-order chi connectivity index (χ1) is 10.7. The quantitative estimate of drug-likeness (QED) is 0.626. The van der Waals surface area contributed by atoms with E-state index in [0.717, 1.165) is 23.6 Å². The Bertz CT molecular complexity index is 666. The van der Waals surface area contributed by atoms with Gasteiger partial charge in [0.15, 0.2) is 0 Å². The summed E-state index contributed by atoms with van der Waals surface area (Å²) in [4.78, 5) is 0. The van der Waals surface area contributed by atoms with Crippen LogP contribution in [0.3, 0.4) is 0 Å². The highest BCUT2D eigenvalue weighted by molar-refractivity contribution is 7.85. The van der Waals surface area contributed by atoms with E-state index in [-0.39, 0.29) is 5.92 Å². The Morgan fingerprint density at radius 2 is 1.83 bits per heavy atom. The Balaban J connectivity index is 1.91. The van der Waals surface area contributed by atoms with Gasteiger partial charge in [0.05, 0.1) is 39.0 Å². The van der Waals surface area contributed by atoms with E-state index in [4.69, 9.17) is 4.18 Å². The predicted octanol–water partition coefficient (Wildman–Crippen LogP) is 2.68. The molecule has 5 heteroatoms. The van der Waals surface area contributed by atoms with Gasteiger partial charge in [0, 0.05) is 31.1 Å². The molecule has 0 radical (unpaired) electrons. The molecule has 0 N–H and O–H groups in total. The first-order valence-corrected chi connectivity index (χ1v) is 10.2. The van der Waals surface area contributed by atoms with Crippen molar-refractivity contribution in [2.75, 3.05) is 27.0 Å². The molecule has 2 bridgehead atoms. The van der Waals surface area contributed by atoms with Crippen LogP contribution in [-0.4, -0.2) is 51.9 Å². The number of benzene rings is 1. The molecule has 0 amide bonds. The van der Waals surface area contributed by atoms with Crippen LogP contribution in [0.1, 0.15) is 36.3 Å². The number of hydrogen-bond donors (Lipinski definition) is 0. The Hall–Kier alpha value is -0.910. The van der Waals surface area contributed by atoms with Gasteiger partial charge in [-0.3, -0.25) is 4.18 Å². The number of piperidine rings is 1. The molecular weight excluding hydrogens is 310 g/mol. The second-order valence-corrected chi connectivity index (χ2v) is 9.48. The van der Waals surface area contributed by atoms with Gasteiger partial charge in [-0.15, -0.1) is 0 Å². The Labute approximate surface area is 140 Å². The topological polar surface area (TPSA) is 43.4 Å². The summed E-state index contributed by atoms with van der Waals surface area (Å²) in [6.45, 7) is 2.40. The highest BCUT2D eigenvalue weighted by Gasteiger charge is 2.54. The molecule has 1 aromatic rings. The first-order valence-electron chi connectivity index (χ1n) is 8.43. The normalized spacial score (nSPS) is 32.9. The predicted molar refractivity (Wildman–Crippen MR) is 91.7 cm³/mol. The van der Waals surface area contributed by atoms with E-state index in [2.05, 4.69) is 45.3 Å². The first kappa shape index (κ1) is 16.9. The minimum atomic E-state index is -3.40. The van der Waals surface area contributed by atoms with E-state index in [1.54, 1.807) is 0 Å². The summed E-state index contributed by atoms with van der Waals surface area (Å²) in [7, 11) is 1.19.